The minimum absolute atomic E-state index is 0.0322. The first-order chi connectivity index (χ1) is 12.0. The number of esters is 1. The third-order valence-electron chi connectivity index (χ3n) is 4.44. The number of anilines is 1. The number of hydrogen-bond acceptors (Lipinski definition) is 7. The van der Waals surface area contributed by atoms with Gasteiger partial charge in [0.1, 0.15) is 5.69 Å². The zero-order valence-corrected chi connectivity index (χ0v) is 14.6. The van der Waals surface area contributed by atoms with Crippen LogP contribution in [0, 0.1) is 10.1 Å². The summed E-state index contributed by atoms with van der Waals surface area (Å²) in [6.45, 7) is 2.82. The van der Waals surface area contributed by atoms with Gasteiger partial charge in [-0.25, -0.2) is 4.79 Å². The minimum atomic E-state index is -0.713. The molecule has 0 spiro atoms. The van der Waals surface area contributed by atoms with Crippen LogP contribution in [0.15, 0.2) is 12.1 Å². The number of rotatable bonds is 6. The van der Waals surface area contributed by atoms with Crippen molar-refractivity contribution in [3.63, 3.8) is 0 Å². The van der Waals surface area contributed by atoms with Gasteiger partial charge in [-0.3, -0.25) is 15.0 Å². The Morgan fingerprint density at radius 2 is 2.28 bits per heavy atom. The number of carbonyl (C=O) groups excluding carboxylic acids is 1. The van der Waals surface area contributed by atoms with Crippen LogP contribution < -0.4 is 5.32 Å². The smallest absolute Gasteiger partial charge is 0.339 e. The molecule has 9 heteroatoms. The van der Waals surface area contributed by atoms with Crippen LogP contribution in [0.1, 0.15) is 23.2 Å². The highest BCUT2D eigenvalue weighted by Crippen LogP contribution is 2.32. The molecular weight excluding hydrogens is 350 g/mol. The van der Waals surface area contributed by atoms with E-state index in [4.69, 9.17) is 16.3 Å². The lowest BCUT2D eigenvalue weighted by Crippen LogP contribution is -2.46. The van der Waals surface area contributed by atoms with Gasteiger partial charge >= 0.3 is 5.97 Å². The Bertz CT molecular complexity index is 680. The van der Waals surface area contributed by atoms with Crippen molar-refractivity contribution < 1.29 is 19.2 Å². The van der Waals surface area contributed by atoms with Gasteiger partial charge in [-0.1, -0.05) is 11.6 Å². The summed E-state index contributed by atoms with van der Waals surface area (Å²) in [4.78, 5) is 24.8. The van der Waals surface area contributed by atoms with E-state index in [0.29, 0.717) is 19.2 Å². The lowest BCUT2D eigenvalue weighted by molar-refractivity contribution is -0.384. The molecule has 2 aliphatic rings. The van der Waals surface area contributed by atoms with Crippen LogP contribution in [0.25, 0.3) is 0 Å². The predicted molar refractivity (Wildman–Crippen MR) is 92.3 cm³/mol. The van der Waals surface area contributed by atoms with Gasteiger partial charge in [0.15, 0.2) is 0 Å². The number of nitrogens with zero attached hydrogens (tertiary/aromatic N) is 2. The molecule has 25 heavy (non-hydrogen) atoms. The van der Waals surface area contributed by atoms with Crippen LogP contribution >= 0.6 is 11.6 Å². The van der Waals surface area contributed by atoms with Crippen LogP contribution in [0.5, 0.6) is 0 Å². The number of methoxy groups -OCH3 is 1. The third kappa shape index (κ3) is 4.20. The molecule has 3 rings (SSSR count). The molecule has 0 amide bonds. The Balaban J connectivity index is 1.71. The summed E-state index contributed by atoms with van der Waals surface area (Å²) in [5.74, 6) is -0.713. The molecular formula is C16H20ClN3O5. The normalized spacial score (nSPS) is 21.0. The molecule has 1 N–H and O–H groups in total. The van der Waals surface area contributed by atoms with Crippen molar-refractivity contribution in [1.29, 1.82) is 0 Å². The largest absolute Gasteiger partial charge is 0.465 e. The second kappa shape index (κ2) is 7.55. The molecule has 0 aromatic heterocycles. The first kappa shape index (κ1) is 17.9. The number of nitro benzene ring substituents is 1. The standard InChI is InChI=1S/C16H20ClN3O5/c1-24-16(21)12-6-15(20(22)23)14(7-13(12)17)18-8-11-9-19(4-5-25-11)10-2-3-10/h6-7,10-11,18H,2-5,8-9H2,1H3. The van der Waals surface area contributed by atoms with E-state index in [2.05, 4.69) is 15.0 Å². The van der Waals surface area contributed by atoms with Crippen LogP contribution in [0.4, 0.5) is 11.4 Å². The van der Waals surface area contributed by atoms with E-state index in [1.165, 1.54) is 26.0 Å². The summed E-state index contributed by atoms with van der Waals surface area (Å²) in [7, 11) is 1.20. The molecule has 1 aliphatic carbocycles. The summed E-state index contributed by atoms with van der Waals surface area (Å²) in [5, 5.41) is 14.5. The van der Waals surface area contributed by atoms with Crippen molar-refractivity contribution in [1.82, 2.24) is 4.90 Å². The molecule has 1 atom stereocenters. The Labute approximate surface area is 150 Å². The molecule has 1 aliphatic heterocycles. The molecule has 1 heterocycles. The fraction of sp³-hybridized carbons (Fsp3) is 0.562. The van der Waals surface area contributed by atoms with Crippen LogP contribution in [-0.2, 0) is 9.47 Å². The highest BCUT2D eigenvalue weighted by molar-refractivity contribution is 6.34. The van der Waals surface area contributed by atoms with Crippen molar-refractivity contribution in [3.05, 3.63) is 32.8 Å². The van der Waals surface area contributed by atoms with Gasteiger partial charge in [0.05, 0.1) is 35.3 Å². The van der Waals surface area contributed by atoms with Crippen molar-refractivity contribution in [2.45, 2.75) is 25.0 Å². The molecule has 1 saturated carbocycles. The van der Waals surface area contributed by atoms with Gasteiger partial charge < -0.3 is 14.8 Å². The van der Waals surface area contributed by atoms with E-state index < -0.39 is 10.9 Å². The molecule has 2 fully saturated rings. The predicted octanol–water partition coefficient (Wildman–Crippen LogP) is 2.31. The first-order valence-corrected chi connectivity index (χ1v) is 8.53. The highest BCUT2D eigenvalue weighted by Gasteiger charge is 2.33. The van der Waals surface area contributed by atoms with Crippen LogP contribution in [-0.4, -0.2) is 61.3 Å². The Kier molecular flexibility index (Phi) is 5.41. The molecule has 1 aromatic rings. The lowest BCUT2D eigenvalue weighted by atomic mass is 10.1. The second-order valence-electron chi connectivity index (χ2n) is 6.20. The molecule has 1 unspecified atom stereocenters. The average molecular weight is 370 g/mol. The van der Waals surface area contributed by atoms with Crippen molar-refractivity contribution in [2.24, 2.45) is 0 Å². The van der Waals surface area contributed by atoms with Crippen LogP contribution in [0.2, 0.25) is 5.02 Å². The van der Waals surface area contributed by atoms with E-state index in [-0.39, 0.29) is 28.1 Å². The number of nitro groups is 1. The van der Waals surface area contributed by atoms with Crippen LogP contribution in [0.3, 0.4) is 0 Å². The Hall–Kier alpha value is -1.90. The van der Waals surface area contributed by atoms with Gasteiger partial charge in [0.25, 0.3) is 5.69 Å². The maximum Gasteiger partial charge on any atom is 0.339 e. The average Bonchev–Trinajstić information content (AvgIpc) is 3.44. The van der Waals surface area contributed by atoms with E-state index >= 15 is 0 Å². The zero-order chi connectivity index (χ0) is 18.0. The monoisotopic (exact) mass is 369 g/mol. The third-order valence-corrected chi connectivity index (χ3v) is 4.75. The number of halogens is 1. The summed E-state index contributed by atoms with van der Waals surface area (Å²) >= 11 is 6.07. The van der Waals surface area contributed by atoms with E-state index in [0.717, 1.165) is 19.2 Å². The van der Waals surface area contributed by atoms with Gasteiger partial charge in [0.2, 0.25) is 0 Å². The first-order valence-electron chi connectivity index (χ1n) is 8.15. The van der Waals surface area contributed by atoms with E-state index in [1.54, 1.807) is 0 Å². The Morgan fingerprint density at radius 1 is 1.52 bits per heavy atom. The number of morpholine rings is 1. The summed E-state index contributed by atoms with van der Waals surface area (Å²) < 4.78 is 10.3. The fourth-order valence-corrected chi connectivity index (χ4v) is 3.22. The second-order valence-corrected chi connectivity index (χ2v) is 6.60. The van der Waals surface area contributed by atoms with Gasteiger partial charge in [-0.15, -0.1) is 0 Å². The maximum atomic E-state index is 11.7. The molecule has 1 aromatic carbocycles. The number of hydrogen-bond donors (Lipinski definition) is 1. The van der Waals surface area contributed by atoms with E-state index in [1.807, 2.05) is 0 Å². The minimum Gasteiger partial charge on any atom is -0.465 e. The van der Waals surface area contributed by atoms with Gasteiger partial charge in [-0.2, -0.15) is 0 Å². The SMILES string of the molecule is COC(=O)c1cc([N+](=O)[O-])c(NCC2CN(C3CC3)CCO2)cc1Cl. The topological polar surface area (TPSA) is 93.9 Å². The quantitative estimate of drug-likeness (QED) is 0.467. The Morgan fingerprint density at radius 3 is 2.92 bits per heavy atom. The number of benzene rings is 1. The van der Waals surface area contributed by atoms with Crippen molar-refractivity contribution >= 4 is 28.9 Å². The molecule has 0 bridgehead atoms. The fourth-order valence-electron chi connectivity index (χ4n) is 2.98. The summed E-state index contributed by atoms with van der Waals surface area (Å²) in [5.41, 5.74) is 0.00435. The maximum absolute atomic E-state index is 11.7. The van der Waals surface area contributed by atoms with E-state index in [9.17, 15) is 14.9 Å². The summed E-state index contributed by atoms with van der Waals surface area (Å²) in [6.07, 6.45) is 2.42. The van der Waals surface area contributed by atoms with Crippen molar-refractivity contribution in [2.75, 3.05) is 38.7 Å². The molecule has 1 saturated heterocycles. The van der Waals surface area contributed by atoms with Gasteiger partial charge in [-0.05, 0) is 18.9 Å². The number of carbonyl (C=O) groups is 1. The van der Waals surface area contributed by atoms with Gasteiger partial charge in [0, 0.05) is 31.7 Å². The van der Waals surface area contributed by atoms with Crippen molar-refractivity contribution in [3.8, 4) is 0 Å². The molecule has 8 nitrogen and oxygen atoms in total. The zero-order valence-electron chi connectivity index (χ0n) is 13.9. The number of ether oxygens (including phenoxy) is 2. The molecule has 0 radical (unpaired) electrons. The highest BCUT2D eigenvalue weighted by atomic mass is 35.5. The number of nitrogens with one attached hydrogen (secondary N) is 1. The summed E-state index contributed by atoms with van der Waals surface area (Å²) in [6, 6.07) is 3.18. The lowest BCUT2D eigenvalue weighted by Gasteiger charge is -2.33. The molecule has 136 valence electrons.